The predicted octanol–water partition coefficient (Wildman–Crippen LogP) is -1.01. The minimum atomic E-state index is -3.32. The molecule has 0 fully saturated rings. The van der Waals surface area contributed by atoms with Crippen molar-refractivity contribution in [1.82, 2.24) is 14.6 Å². The van der Waals surface area contributed by atoms with Crippen LogP contribution in [0.4, 0.5) is 5.69 Å². The van der Waals surface area contributed by atoms with E-state index in [4.69, 9.17) is 5.84 Å². The summed E-state index contributed by atoms with van der Waals surface area (Å²) in [6.45, 7) is 0.0152. The van der Waals surface area contributed by atoms with Crippen LogP contribution in [0.15, 0.2) is 18.3 Å². The van der Waals surface area contributed by atoms with Crippen LogP contribution in [0.1, 0.15) is 10.5 Å². The van der Waals surface area contributed by atoms with Crippen LogP contribution in [0, 0.1) is 0 Å². The molecule has 0 aliphatic heterocycles. The van der Waals surface area contributed by atoms with E-state index in [0.717, 1.165) is 4.31 Å². The van der Waals surface area contributed by atoms with Gasteiger partial charge in [-0.3, -0.25) is 15.6 Å². The van der Waals surface area contributed by atoms with Crippen molar-refractivity contribution < 1.29 is 13.2 Å². The summed E-state index contributed by atoms with van der Waals surface area (Å²) in [6, 6.07) is 3.07. The highest BCUT2D eigenvalue weighted by Crippen LogP contribution is 2.05. The number of carbonyl (C=O) groups excluding carboxylic acids is 1. The van der Waals surface area contributed by atoms with Gasteiger partial charge in [0.2, 0.25) is 10.0 Å². The lowest BCUT2D eigenvalue weighted by molar-refractivity contribution is 0.0951. The van der Waals surface area contributed by atoms with Crippen molar-refractivity contribution in [2.75, 3.05) is 31.8 Å². The molecule has 0 aliphatic rings. The van der Waals surface area contributed by atoms with Crippen molar-refractivity contribution in [3.63, 3.8) is 0 Å². The van der Waals surface area contributed by atoms with Crippen molar-refractivity contribution in [3.05, 3.63) is 24.0 Å². The monoisotopic (exact) mass is 287 g/mol. The lowest BCUT2D eigenvalue weighted by Crippen LogP contribution is -2.34. The number of rotatable bonds is 6. The van der Waals surface area contributed by atoms with Crippen molar-refractivity contribution in [1.29, 1.82) is 0 Å². The molecule has 1 aromatic heterocycles. The molecule has 0 radical (unpaired) electrons. The van der Waals surface area contributed by atoms with Crippen LogP contribution in [0.2, 0.25) is 0 Å². The number of anilines is 1. The molecule has 1 aromatic rings. The van der Waals surface area contributed by atoms with Crippen LogP contribution in [0.3, 0.4) is 0 Å². The summed E-state index contributed by atoms with van der Waals surface area (Å²) >= 11 is 0. The molecule has 0 unspecified atom stereocenters. The van der Waals surface area contributed by atoms with E-state index in [2.05, 4.69) is 15.7 Å². The van der Waals surface area contributed by atoms with E-state index >= 15 is 0 Å². The molecule has 19 heavy (non-hydrogen) atoms. The summed E-state index contributed by atoms with van der Waals surface area (Å²) in [4.78, 5) is 15.6. The highest BCUT2D eigenvalue weighted by molar-refractivity contribution is 7.89. The molecule has 1 rings (SSSR count). The molecule has 0 aliphatic carbocycles. The number of nitrogen functional groups attached to an aromatic ring is 1. The van der Waals surface area contributed by atoms with Crippen LogP contribution in [-0.2, 0) is 10.0 Å². The van der Waals surface area contributed by atoms with Crippen molar-refractivity contribution in [3.8, 4) is 0 Å². The first-order valence-electron chi connectivity index (χ1n) is 5.48. The molecule has 106 valence electrons. The second-order valence-corrected chi connectivity index (χ2v) is 6.23. The Hall–Kier alpha value is -1.71. The molecular formula is C10H17N5O3S. The highest BCUT2D eigenvalue weighted by atomic mass is 32.2. The number of hydrogen-bond donors (Lipinski definition) is 3. The van der Waals surface area contributed by atoms with E-state index < -0.39 is 15.9 Å². The van der Waals surface area contributed by atoms with Gasteiger partial charge in [0.1, 0.15) is 5.69 Å². The van der Waals surface area contributed by atoms with Gasteiger partial charge < -0.3 is 10.7 Å². The number of nitrogens with one attached hydrogen (secondary N) is 2. The summed E-state index contributed by atoms with van der Waals surface area (Å²) in [5.74, 6) is 4.60. The quantitative estimate of drug-likeness (QED) is 0.456. The molecule has 0 aromatic carbocycles. The Kier molecular flexibility index (Phi) is 5.21. The Balaban J connectivity index is 2.56. The number of hydrazine groups is 1. The molecule has 1 heterocycles. The number of hydrogen-bond acceptors (Lipinski definition) is 6. The second-order valence-electron chi connectivity index (χ2n) is 3.93. The second kappa shape index (κ2) is 6.45. The number of nitrogens with zero attached hydrogens (tertiary/aromatic N) is 2. The topological polar surface area (TPSA) is 117 Å². The van der Waals surface area contributed by atoms with Crippen molar-refractivity contribution >= 4 is 21.6 Å². The van der Waals surface area contributed by atoms with Gasteiger partial charge in [0, 0.05) is 26.8 Å². The van der Waals surface area contributed by atoms with E-state index in [9.17, 15) is 13.2 Å². The molecule has 0 saturated carbocycles. The fourth-order valence-corrected chi connectivity index (χ4v) is 1.94. The third-order valence-corrected chi connectivity index (χ3v) is 4.19. The molecule has 1 amide bonds. The summed E-state index contributed by atoms with van der Waals surface area (Å²) < 4.78 is 24.1. The Morgan fingerprint density at radius 3 is 2.74 bits per heavy atom. The smallest absolute Gasteiger partial charge is 0.269 e. The zero-order valence-electron chi connectivity index (χ0n) is 10.8. The largest absolute Gasteiger partial charge is 0.350 e. The molecule has 4 N–H and O–H groups in total. The molecule has 0 atom stereocenters. The molecule has 0 spiro atoms. The minimum Gasteiger partial charge on any atom is -0.350 e. The lowest BCUT2D eigenvalue weighted by Gasteiger charge is -2.11. The van der Waals surface area contributed by atoms with Gasteiger partial charge in [-0.1, -0.05) is 0 Å². The maximum Gasteiger partial charge on any atom is 0.269 e. The van der Waals surface area contributed by atoms with E-state index in [1.807, 2.05) is 0 Å². The van der Waals surface area contributed by atoms with E-state index in [1.165, 1.54) is 26.4 Å². The fourth-order valence-electron chi connectivity index (χ4n) is 1.21. The first-order valence-corrected chi connectivity index (χ1v) is 7.09. The van der Waals surface area contributed by atoms with Gasteiger partial charge in [0.15, 0.2) is 0 Å². The van der Waals surface area contributed by atoms with E-state index in [0.29, 0.717) is 5.69 Å². The maximum atomic E-state index is 11.7. The summed E-state index contributed by atoms with van der Waals surface area (Å²) in [6.07, 6.45) is 1.43. The number of aromatic nitrogens is 1. The Bertz CT molecular complexity index is 544. The molecular weight excluding hydrogens is 270 g/mol. The van der Waals surface area contributed by atoms with Gasteiger partial charge in [-0.05, 0) is 12.1 Å². The molecule has 0 saturated heterocycles. The number of nitrogens with two attached hydrogens (primary N) is 1. The molecule has 8 nitrogen and oxygen atoms in total. The van der Waals surface area contributed by atoms with Gasteiger partial charge >= 0.3 is 0 Å². The summed E-state index contributed by atoms with van der Waals surface area (Å²) in [5, 5.41) is 2.49. The lowest BCUT2D eigenvalue weighted by atomic mass is 10.3. The first kappa shape index (κ1) is 15.3. The minimum absolute atomic E-state index is 0.0152. The van der Waals surface area contributed by atoms with Gasteiger partial charge in [-0.25, -0.2) is 12.7 Å². The Morgan fingerprint density at radius 1 is 1.47 bits per heavy atom. The van der Waals surface area contributed by atoms with Crippen LogP contribution >= 0.6 is 0 Å². The number of pyridine rings is 1. The molecule has 0 bridgehead atoms. The molecule has 9 heteroatoms. The average molecular weight is 287 g/mol. The number of carbonyl (C=O) groups is 1. The Morgan fingerprint density at radius 2 is 2.16 bits per heavy atom. The van der Waals surface area contributed by atoms with Crippen LogP contribution in [0.25, 0.3) is 0 Å². The van der Waals surface area contributed by atoms with Crippen LogP contribution in [-0.4, -0.2) is 50.0 Å². The normalized spacial score (nSPS) is 11.4. The van der Waals surface area contributed by atoms with Crippen LogP contribution < -0.4 is 16.6 Å². The maximum absolute atomic E-state index is 11.7. The third kappa shape index (κ3) is 4.47. The van der Waals surface area contributed by atoms with Gasteiger partial charge in [0.25, 0.3) is 5.91 Å². The van der Waals surface area contributed by atoms with Crippen LogP contribution in [0.5, 0.6) is 0 Å². The summed E-state index contributed by atoms with van der Waals surface area (Å²) in [7, 11) is -0.444. The van der Waals surface area contributed by atoms with Gasteiger partial charge in [0.05, 0.1) is 11.4 Å². The van der Waals surface area contributed by atoms with E-state index in [-0.39, 0.29) is 18.0 Å². The van der Waals surface area contributed by atoms with Gasteiger partial charge in [-0.15, -0.1) is 0 Å². The van der Waals surface area contributed by atoms with Crippen molar-refractivity contribution in [2.45, 2.75) is 0 Å². The van der Waals surface area contributed by atoms with Gasteiger partial charge in [-0.2, -0.15) is 0 Å². The SMILES string of the molecule is CN(C)S(=O)(=O)CCNC(=O)c1cc(NN)ccn1. The zero-order valence-corrected chi connectivity index (χ0v) is 11.6. The number of amides is 1. The third-order valence-electron chi connectivity index (χ3n) is 2.36. The van der Waals surface area contributed by atoms with Crippen molar-refractivity contribution in [2.24, 2.45) is 5.84 Å². The number of sulfonamides is 1. The van der Waals surface area contributed by atoms with E-state index in [1.54, 1.807) is 6.07 Å². The fraction of sp³-hybridized carbons (Fsp3) is 0.400. The summed E-state index contributed by atoms with van der Waals surface area (Å²) in [5.41, 5.74) is 3.10. The standard InChI is InChI=1S/C10H17N5O3S/c1-15(2)19(17,18)6-5-13-10(16)9-7-8(14-11)3-4-12-9/h3-4,7H,5-6,11H2,1-2H3,(H,12,14)(H,13,16). The average Bonchev–Trinajstić information content (AvgIpc) is 2.38. The first-order chi connectivity index (χ1) is 8.86. The zero-order chi connectivity index (χ0) is 14.5. The highest BCUT2D eigenvalue weighted by Gasteiger charge is 2.14. The predicted molar refractivity (Wildman–Crippen MR) is 71.9 cm³/mol. The Labute approximate surface area is 112 Å².